The van der Waals surface area contributed by atoms with Gasteiger partial charge in [-0.05, 0) is 0 Å². The lowest BCUT2D eigenvalue weighted by molar-refractivity contribution is -0.115. The zero-order valence-electron chi connectivity index (χ0n) is 10.3. The summed E-state index contributed by atoms with van der Waals surface area (Å²) < 4.78 is 0. The van der Waals surface area contributed by atoms with Crippen molar-refractivity contribution in [3.63, 3.8) is 0 Å². The number of amides is 1. The molecule has 1 aliphatic heterocycles. The summed E-state index contributed by atoms with van der Waals surface area (Å²) in [5, 5.41) is 19.9. The van der Waals surface area contributed by atoms with Gasteiger partial charge in [-0.25, -0.2) is 4.98 Å². The van der Waals surface area contributed by atoms with E-state index in [9.17, 15) is 4.79 Å². The summed E-state index contributed by atoms with van der Waals surface area (Å²) in [4.78, 5) is 17.5. The fourth-order valence-electron chi connectivity index (χ4n) is 1.91. The van der Waals surface area contributed by atoms with Crippen molar-refractivity contribution in [3.05, 3.63) is 11.1 Å². The van der Waals surface area contributed by atoms with Gasteiger partial charge < -0.3 is 21.7 Å². The van der Waals surface area contributed by atoms with Crippen molar-refractivity contribution in [2.24, 2.45) is 5.73 Å². The van der Waals surface area contributed by atoms with Crippen LogP contribution in [-0.2, 0) is 4.79 Å². The van der Waals surface area contributed by atoms with Gasteiger partial charge >= 0.3 is 0 Å². The lowest BCUT2D eigenvalue weighted by atomic mass is 9.95. The summed E-state index contributed by atoms with van der Waals surface area (Å²) in [6.07, 6.45) is 0. The molecule has 102 valence electrons. The lowest BCUT2D eigenvalue weighted by Crippen LogP contribution is -2.71. The smallest absolute Gasteiger partial charge is 0.272 e. The zero-order chi connectivity index (χ0) is 14.2. The Balaban J connectivity index is 2.02. The zero-order valence-corrected chi connectivity index (χ0v) is 11.1. The van der Waals surface area contributed by atoms with Gasteiger partial charge in [0.05, 0.1) is 6.04 Å². The molecule has 0 aromatic carbocycles. The van der Waals surface area contributed by atoms with Gasteiger partial charge in [-0.1, -0.05) is 0 Å². The van der Waals surface area contributed by atoms with Crippen LogP contribution in [0.3, 0.4) is 0 Å². The van der Waals surface area contributed by atoms with E-state index in [1.54, 1.807) is 17.3 Å². The molecular weight excluding hydrogens is 266 g/mol. The monoisotopic (exact) mass is 281 g/mol. The Morgan fingerprint density at radius 3 is 2.89 bits per heavy atom. The number of rotatable bonds is 4. The maximum absolute atomic E-state index is 11.9. The van der Waals surface area contributed by atoms with E-state index >= 15 is 0 Å². The number of thiazole rings is 1. The molecule has 0 bridgehead atoms. The summed E-state index contributed by atoms with van der Waals surface area (Å²) >= 11 is 1.17. The van der Waals surface area contributed by atoms with Crippen LogP contribution in [0.15, 0.2) is 5.38 Å². The molecule has 2 unspecified atom stereocenters. The van der Waals surface area contributed by atoms with Crippen molar-refractivity contribution < 1.29 is 4.79 Å². The highest BCUT2D eigenvalue weighted by atomic mass is 32.1. The SMILES string of the molecule is CN1C(=N)C(NC(=O)C(=N)c2csc(N)n2)C1CN. The molecule has 1 aliphatic rings. The second-order valence-electron chi connectivity index (χ2n) is 4.20. The number of nitrogens with two attached hydrogens (primary N) is 2. The molecule has 2 heterocycles. The minimum Gasteiger partial charge on any atom is -0.375 e. The van der Waals surface area contributed by atoms with Crippen molar-refractivity contribution in [1.29, 1.82) is 10.8 Å². The van der Waals surface area contributed by atoms with E-state index < -0.39 is 11.9 Å². The van der Waals surface area contributed by atoms with Gasteiger partial charge in [0.1, 0.15) is 23.3 Å². The van der Waals surface area contributed by atoms with Crippen LogP contribution in [0.25, 0.3) is 0 Å². The van der Waals surface area contributed by atoms with Gasteiger partial charge in [0.15, 0.2) is 5.13 Å². The molecule has 0 radical (unpaired) electrons. The number of nitrogens with zero attached hydrogens (tertiary/aromatic N) is 2. The molecule has 1 fully saturated rings. The van der Waals surface area contributed by atoms with Crippen molar-refractivity contribution in [2.75, 3.05) is 19.3 Å². The first-order valence-electron chi connectivity index (χ1n) is 5.57. The number of likely N-dealkylation sites (tertiary alicyclic amines) is 1. The van der Waals surface area contributed by atoms with Gasteiger partial charge in [0, 0.05) is 19.0 Å². The third-order valence-electron chi connectivity index (χ3n) is 3.09. The highest BCUT2D eigenvalue weighted by Gasteiger charge is 2.42. The Morgan fingerprint density at radius 1 is 1.68 bits per heavy atom. The maximum atomic E-state index is 11.9. The molecule has 1 saturated heterocycles. The lowest BCUT2D eigenvalue weighted by Gasteiger charge is -2.47. The van der Waals surface area contributed by atoms with Crippen LogP contribution in [0.2, 0.25) is 0 Å². The van der Waals surface area contributed by atoms with Crippen LogP contribution in [0.5, 0.6) is 0 Å². The van der Waals surface area contributed by atoms with Gasteiger partial charge in [-0.2, -0.15) is 0 Å². The first kappa shape index (κ1) is 13.4. The number of hydrogen-bond donors (Lipinski definition) is 5. The van der Waals surface area contributed by atoms with Gasteiger partial charge in [-0.15, -0.1) is 11.3 Å². The molecule has 1 amide bonds. The first-order chi connectivity index (χ1) is 8.95. The van der Waals surface area contributed by atoms with Gasteiger partial charge in [-0.3, -0.25) is 15.6 Å². The van der Waals surface area contributed by atoms with Crippen LogP contribution in [0.1, 0.15) is 5.69 Å². The molecular formula is C10H15N7OS. The highest BCUT2D eigenvalue weighted by Crippen LogP contribution is 2.17. The third-order valence-corrected chi connectivity index (χ3v) is 3.76. The largest absolute Gasteiger partial charge is 0.375 e. The number of nitrogen functional groups attached to an aromatic ring is 1. The average molecular weight is 281 g/mol. The molecule has 0 saturated carbocycles. The molecule has 8 nitrogen and oxygen atoms in total. The highest BCUT2D eigenvalue weighted by molar-refractivity contribution is 7.13. The first-order valence-corrected chi connectivity index (χ1v) is 6.45. The molecule has 7 N–H and O–H groups in total. The Hall–Kier alpha value is -2.00. The van der Waals surface area contributed by atoms with Crippen LogP contribution in [0, 0.1) is 10.8 Å². The van der Waals surface area contributed by atoms with Crippen molar-refractivity contribution >= 4 is 33.9 Å². The van der Waals surface area contributed by atoms with E-state index in [-0.39, 0.29) is 23.3 Å². The molecule has 1 aromatic rings. The molecule has 1 aromatic heterocycles. The minimum atomic E-state index is -0.577. The minimum absolute atomic E-state index is 0.107. The Morgan fingerprint density at radius 2 is 2.37 bits per heavy atom. The summed E-state index contributed by atoms with van der Waals surface area (Å²) in [6.45, 7) is 0.334. The Kier molecular flexibility index (Phi) is 3.49. The van der Waals surface area contributed by atoms with Crippen molar-refractivity contribution in [1.82, 2.24) is 15.2 Å². The van der Waals surface area contributed by atoms with Crippen LogP contribution in [-0.4, -0.2) is 53.0 Å². The molecule has 9 heteroatoms. The quantitative estimate of drug-likeness (QED) is 0.441. The van der Waals surface area contributed by atoms with Gasteiger partial charge in [0.2, 0.25) is 0 Å². The van der Waals surface area contributed by atoms with E-state index in [0.717, 1.165) is 0 Å². The fraction of sp³-hybridized carbons (Fsp3) is 0.400. The number of anilines is 1. The van der Waals surface area contributed by atoms with Crippen molar-refractivity contribution in [3.8, 4) is 0 Å². The number of hydrogen-bond acceptors (Lipinski definition) is 7. The maximum Gasteiger partial charge on any atom is 0.272 e. The molecule has 19 heavy (non-hydrogen) atoms. The predicted molar refractivity (Wildman–Crippen MR) is 73.6 cm³/mol. The number of nitrogens with one attached hydrogen (secondary N) is 3. The Bertz CT molecular complexity index is 540. The number of carbonyl (C=O) groups is 1. The third kappa shape index (κ3) is 2.29. The second-order valence-corrected chi connectivity index (χ2v) is 5.09. The van der Waals surface area contributed by atoms with E-state index in [1.165, 1.54) is 11.3 Å². The van der Waals surface area contributed by atoms with Gasteiger partial charge in [0.25, 0.3) is 5.91 Å². The summed E-state index contributed by atoms with van der Waals surface area (Å²) in [5.41, 5.74) is 11.0. The van der Waals surface area contributed by atoms with Crippen molar-refractivity contribution in [2.45, 2.75) is 12.1 Å². The summed E-state index contributed by atoms with van der Waals surface area (Å²) in [6, 6.07) is -0.552. The molecule has 0 spiro atoms. The number of likely N-dealkylation sites (N-methyl/N-ethyl adjacent to an activating group) is 1. The van der Waals surface area contributed by atoms with E-state index in [4.69, 9.17) is 22.3 Å². The summed E-state index contributed by atoms with van der Waals surface area (Å²) in [7, 11) is 1.75. The number of aromatic nitrogens is 1. The van der Waals surface area contributed by atoms with Crippen LogP contribution >= 0.6 is 11.3 Å². The van der Waals surface area contributed by atoms with Crippen LogP contribution in [0.4, 0.5) is 5.13 Å². The average Bonchev–Trinajstić information content (AvgIpc) is 2.83. The summed E-state index contributed by atoms with van der Waals surface area (Å²) in [5.74, 6) is -0.291. The molecule has 0 aliphatic carbocycles. The number of carbonyl (C=O) groups excluding carboxylic acids is 1. The van der Waals surface area contributed by atoms with E-state index in [1.807, 2.05) is 0 Å². The van der Waals surface area contributed by atoms with E-state index in [0.29, 0.717) is 11.7 Å². The van der Waals surface area contributed by atoms with E-state index in [2.05, 4.69) is 10.3 Å². The predicted octanol–water partition coefficient (Wildman–Crippen LogP) is -1.17. The second kappa shape index (κ2) is 4.94. The molecule has 2 rings (SSSR count). The topological polar surface area (TPSA) is 145 Å². The molecule has 2 atom stereocenters. The Labute approximate surface area is 113 Å². The fourth-order valence-corrected chi connectivity index (χ4v) is 2.47. The van der Waals surface area contributed by atoms with Crippen LogP contribution < -0.4 is 16.8 Å². The standard InChI is InChI=1S/C10H15N7OS/c1-17-5(2-11)7(8(17)13)16-9(18)6(12)4-3-19-10(14)15-4/h3,5,7,12-13H,2,11H2,1H3,(H2,14,15)(H,16,18). The number of amidine groups is 1. The normalized spacial score (nSPS) is 22.0.